The van der Waals surface area contributed by atoms with Crippen LogP contribution in [0.2, 0.25) is 0 Å². The molecule has 128 valence electrons. The lowest BCUT2D eigenvalue weighted by Crippen LogP contribution is -2.48. The van der Waals surface area contributed by atoms with Crippen LogP contribution in [0.15, 0.2) is 18.2 Å². The maximum Gasteiger partial charge on any atom is 0.256 e. The van der Waals surface area contributed by atoms with Gasteiger partial charge in [-0.05, 0) is 38.0 Å². The van der Waals surface area contributed by atoms with Gasteiger partial charge >= 0.3 is 0 Å². The largest absolute Gasteiger partial charge is 0.381 e. The Morgan fingerprint density at radius 3 is 2.65 bits per heavy atom. The van der Waals surface area contributed by atoms with E-state index in [4.69, 9.17) is 14.2 Å². The fourth-order valence-corrected chi connectivity index (χ4v) is 2.69. The van der Waals surface area contributed by atoms with Gasteiger partial charge < -0.3 is 19.5 Å². The number of carbonyl (C=O) groups excluding carboxylic acids is 1. The number of nitrogens with one attached hydrogen (secondary N) is 1. The molecule has 1 saturated heterocycles. The number of methoxy groups -OCH3 is 1. The molecule has 1 aliphatic heterocycles. The molecule has 0 aliphatic carbocycles. The van der Waals surface area contributed by atoms with Crippen molar-refractivity contribution in [3.8, 4) is 0 Å². The number of rotatable bonds is 6. The van der Waals surface area contributed by atoms with Crippen LogP contribution in [0.4, 0.5) is 5.69 Å². The molecule has 0 saturated carbocycles. The van der Waals surface area contributed by atoms with Crippen LogP contribution in [-0.4, -0.2) is 37.9 Å². The average Bonchev–Trinajstić information content (AvgIpc) is 2.56. The lowest BCUT2D eigenvalue weighted by Gasteiger charge is -2.34. The smallest absolute Gasteiger partial charge is 0.256 e. The van der Waals surface area contributed by atoms with Crippen molar-refractivity contribution in [2.75, 3.05) is 25.6 Å². The minimum Gasteiger partial charge on any atom is -0.381 e. The van der Waals surface area contributed by atoms with Crippen LogP contribution in [0.3, 0.4) is 0 Å². The van der Waals surface area contributed by atoms with Crippen molar-refractivity contribution >= 4 is 11.6 Å². The molecular weight excluding hydrogens is 294 g/mol. The van der Waals surface area contributed by atoms with Gasteiger partial charge in [0, 0.05) is 38.9 Å². The summed E-state index contributed by atoms with van der Waals surface area (Å²) < 4.78 is 16.6. The summed E-state index contributed by atoms with van der Waals surface area (Å²) in [6, 6.07) is 5.87. The zero-order chi connectivity index (χ0) is 16.9. The zero-order valence-corrected chi connectivity index (χ0v) is 14.5. The maximum absolute atomic E-state index is 12.7. The summed E-state index contributed by atoms with van der Waals surface area (Å²) in [6.45, 7) is 7.64. The van der Waals surface area contributed by atoms with Crippen molar-refractivity contribution in [3.63, 3.8) is 0 Å². The molecule has 1 N–H and O–H groups in total. The number of benzene rings is 1. The topological polar surface area (TPSA) is 56.8 Å². The highest BCUT2D eigenvalue weighted by Gasteiger charge is 2.40. The Bertz CT molecular complexity index is 536. The van der Waals surface area contributed by atoms with Gasteiger partial charge in [-0.3, -0.25) is 4.79 Å². The molecule has 1 fully saturated rings. The van der Waals surface area contributed by atoms with Gasteiger partial charge in [0.2, 0.25) is 0 Å². The lowest BCUT2D eigenvalue weighted by atomic mass is 9.92. The number of carbonyl (C=O) groups is 1. The van der Waals surface area contributed by atoms with E-state index in [1.165, 1.54) is 0 Å². The van der Waals surface area contributed by atoms with E-state index in [0.717, 1.165) is 16.8 Å². The molecule has 1 aromatic rings. The molecule has 0 atom stereocenters. The SMILES string of the molecule is COC1(C(=O)Nc2cccc(COC(C)C)c2C)CCOCC1. The molecule has 0 unspecified atom stereocenters. The Morgan fingerprint density at radius 2 is 2.04 bits per heavy atom. The van der Waals surface area contributed by atoms with Crippen molar-refractivity contribution in [2.24, 2.45) is 0 Å². The highest BCUT2D eigenvalue weighted by atomic mass is 16.5. The van der Waals surface area contributed by atoms with Gasteiger partial charge in [0.05, 0.1) is 12.7 Å². The van der Waals surface area contributed by atoms with E-state index < -0.39 is 5.60 Å². The Labute approximate surface area is 138 Å². The lowest BCUT2D eigenvalue weighted by molar-refractivity contribution is -0.149. The Balaban J connectivity index is 2.12. The van der Waals surface area contributed by atoms with E-state index in [9.17, 15) is 4.79 Å². The number of ether oxygens (including phenoxy) is 3. The third kappa shape index (κ3) is 4.31. The molecule has 23 heavy (non-hydrogen) atoms. The van der Waals surface area contributed by atoms with Gasteiger partial charge in [-0.15, -0.1) is 0 Å². The minimum absolute atomic E-state index is 0.103. The van der Waals surface area contributed by atoms with Crippen LogP contribution in [0, 0.1) is 6.92 Å². The summed E-state index contributed by atoms with van der Waals surface area (Å²) >= 11 is 0. The third-order valence-corrected chi connectivity index (χ3v) is 4.37. The number of hydrogen-bond donors (Lipinski definition) is 1. The average molecular weight is 321 g/mol. The molecule has 0 bridgehead atoms. The van der Waals surface area contributed by atoms with Gasteiger partial charge in [0.25, 0.3) is 5.91 Å². The molecule has 1 aliphatic rings. The quantitative estimate of drug-likeness (QED) is 0.875. The summed E-state index contributed by atoms with van der Waals surface area (Å²) in [5.74, 6) is -0.103. The van der Waals surface area contributed by atoms with Gasteiger partial charge in [-0.1, -0.05) is 12.1 Å². The molecule has 0 spiro atoms. The highest BCUT2D eigenvalue weighted by Crippen LogP contribution is 2.28. The van der Waals surface area contributed by atoms with Crippen molar-refractivity contribution in [2.45, 2.75) is 51.9 Å². The normalized spacial score (nSPS) is 17.3. The van der Waals surface area contributed by atoms with Gasteiger partial charge in [0.15, 0.2) is 5.60 Å². The second kappa shape index (κ2) is 7.90. The first-order chi connectivity index (χ1) is 11.0. The van der Waals surface area contributed by atoms with Gasteiger partial charge in [-0.2, -0.15) is 0 Å². The molecule has 1 amide bonds. The summed E-state index contributed by atoms with van der Waals surface area (Å²) in [5.41, 5.74) is 2.12. The fraction of sp³-hybridized carbons (Fsp3) is 0.611. The first-order valence-corrected chi connectivity index (χ1v) is 8.13. The standard InChI is InChI=1S/C18H27NO4/c1-13(2)23-12-15-6-5-7-16(14(15)3)19-17(20)18(21-4)8-10-22-11-9-18/h5-7,13H,8-12H2,1-4H3,(H,19,20). The molecule has 0 radical (unpaired) electrons. The second-order valence-electron chi connectivity index (χ2n) is 6.21. The van der Waals surface area contributed by atoms with Crippen molar-refractivity contribution < 1.29 is 19.0 Å². The van der Waals surface area contributed by atoms with E-state index in [0.29, 0.717) is 32.7 Å². The van der Waals surface area contributed by atoms with Crippen LogP contribution in [-0.2, 0) is 25.6 Å². The Morgan fingerprint density at radius 1 is 1.35 bits per heavy atom. The zero-order valence-electron chi connectivity index (χ0n) is 14.5. The predicted octanol–water partition coefficient (Wildman–Crippen LogP) is 3.05. The van der Waals surface area contributed by atoms with Crippen LogP contribution in [0.25, 0.3) is 0 Å². The van der Waals surface area contributed by atoms with Crippen LogP contribution >= 0.6 is 0 Å². The van der Waals surface area contributed by atoms with Gasteiger partial charge in [0.1, 0.15) is 0 Å². The summed E-state index contributed by atoms with van der Waals surface area (Å²) in [5, 5.41) is 3.02. The van der Waals surface area contributed by atoms with Gasteiger partial charge in [-0.25, -0.2) is 0 Å². The van der Waals surface area contributed by atoms with E-state index in [2.05, 4.69) is 5.32 Å². The second-order valence-corrected chi connectivity index (χ2v) is 6.21. The molecule has 5 heteroatoms. The molecular formula is C18H27NO4. The number of amides is 1. The van der Waals surface area contributed by atoms with Crippen LogP contribution in [0.1, 0.15) is 37.8 Å². The fourth-order valence-electron chi connectivity index (χ4n) is 2.69. The number of anilines is 1. The first kappa shape index (κ1) is 17.9. The first-order valence-electron chi connectivity index (χ1n) is 8.13. The van der Waals surface area contributed by atoms with Crippen molar-refractivity contribution in [1.82, 2.24) is 0 Å². The summed E-state index contributed by atoms with van der Waals surface area (Å²) in [6.07, 6.45) is 1.32. The molecule has 5 nitrogen and oxygen atoms in total. The highest BCUT2D eigenvalue weighted by molar-refractivity contribution is 5.98. The minimum atomic E-state index is -0.797. The molecule has 1 heterocycles. The third-order valence-electron chi connectivity index (χ3n) is 4.37. The van der Waals surface area contributed by atoms with E-state index in [1.807, 2.05) is 39.0 Å². The molecule has 0 aromatic heterocycles. The van der Waals surface area contributed by atoms with Crippen molar-refractivity contribution in [1.29, 1.82) is 0 Å². The maximum atomic E-state index is 12.7. The monoisotopic (exact) mass is 321 g/mol. The summed E-state index contributed by atoms with van der Waals surface area (Å²) in [7, 11) is 1.59. The van der Waals surface area contributed by atoms with Crippen LogP contribution in [0.5, 0.6) is 0 Å². The van der Waals surface area contributed by atoms with E-state index in [-0.39, 0.29) is 12.0 Å². The molecule has 2 rings (SSSR count). The Hall–Kier alpha value is -1.43. The number of hydrogen-bond acceptors (Lipinski definition) is 4. The van der Waals surface area contributed by atoms with E-state index >= 15 is 0 Å². The van der Waals surface area contributed by atoms with Crippen molar-refractivity contribution in [3.05, 3.63) is 29.3 Å². The van der Waals surface area contributed by atoms with E-state index in [1.54, 1.807) is 7.11 Å². The summed E-state index contributed by atoms with van der Waals surface area (Å²) in [4.78, 5) is 12.7. The molecule has 1 aromatic carbocycles. The Kier molecular flexibility index (Phi) is 6.16. The van der Waals surface area contributed by atoms with Crippen LogP contribution < -0.4 is 5.32 Å². The predicted molar refractivity (Wildman–Crippen MR) is 89.5 cm³/mol.